The zero-order chi connectivity index (χ0) is 19.8. The molecule has 1 saturated heterocycles. The van der Waals surface area contributed by atoms with Crippen LogP contribution in [0.4, 0.5) is 0 Å². The van der Waals surface area contributed by atoms with E-state index in [0.717, 1.165) is 24.0 Å². The number of piperidine rings is 1. The highest BCUT2D eigenvalue weighted by Crippen LogP contribution is 2.22. The SMILES string of the molecule is Cc1cc(C)cc(C(=O)N2CCCC(C(=O)N(CCC#N)CCC#N)C2)c1. The van der Waals surface area contributed by atoms with E-state index < -0.39 is 0 Å². The molecule has 6 heteroatoms. The van der Waals surface area contributed by atoms with Crippen molar-refractivity contribution in [3.63, 3.8) is 0 Å². The van der Waals surface area contributed by atoms with Crippen LogP contribution in [0.5, 0.6) is 0 Å². The zero-order valence-electron chi connectivity index (χ0n) is 16.1. The summed E-state index contributed by atoms with van der Waals surface area (Å²) < 4.78 is 0. The lowest BCUT2D eigenvalue weighted by Gasteiger charge is -2.35. The Morgan fingerprint density at radius 3 is 2.26 bits per heavy atom. The highest BCUT2D eigenvalue weighted by atomic mass is 16.2. The van der Waals surface area contributed by atoms with Gasteiger partial charge in [-0.05, 0) is 38.8 Å². The van der Waals surface area contributed by atoms with E-state index in [4.69, 9.17) is 10.5 Å². The average molecular weight is 366 g/mol. The third kappa shape index (κ3) is 5.56. The van der Waals surface area contributed by atoms with Crippen LogP contribution in [0.1, 0.15) is 47.2 Å². The fourth-order valence-corrected chi connectivity index (χ4v) is 3.60. The van der Waals surface area contributed by atoms with Crippen molar-refractivity contribution in [2.24, 2.45) is 5.92 Å². The normalized spacial score (nSPS) is 16.3. The first kappa shape index (κ1) is 20.5. The molecule has 1 aliphatic rings. The first-order chi connectivity index (χ1) is 13.0. The van der Waals surface area contributed by atoms with E-state index in [1.54, 1.807) is 9.80 Å². The van der Waals surface area contributed by atoms with Gasteiger partial charge in [-0.25, -0.2) is 0 Å². The first-order valence-corrected chi connectivity index (χ1v) is 9.36. The molecule has 27 heavy (non-hydrogen) atoms. The van der Waals surface area contributed by atoms with Crippen molar-refractivity contribution in [1.82, 2.24) is 9.80 Å². The van der Waals surface area contributed by atoms with E-state index in [1.165, 1.54) is 0 Å². The van der Waals surface area contributed by atoms with Crippen LogP contribution in [-0.4, -0.2) is 47.8 Å². The fourth-order valence-electron chi connectivity index (χ4n) is 3.60. The Morgan fingerprint density at radius 2 is 1.70 bits per heavy atom. The van der Waals surface area contributed by atoms with Crippen molar-refractivity contribution < 1.29 is 9.59 Å². The molecule has 0 saturated carbocycles. The number of likely N-dealkylation sites (tertiary alicyclic amines) is 1. The molecule has 142 valence electrons. The fraction of sp³-hybridized carbons (Fsp3) is 0.524. The van der Waals surface area contributed by atoms with E-state index >= 15 is 0 Å². The molecule has 1 aromatic carbocycles. The van der Waals surface area contributed by atoms with E-state index in [-0.39, 0.29) is 30.6 Å². The van der Waals surface area contributed by atoms with E-state index in [1.807, 2.05) is 32.0 Å². The summed E-state index contributed by atoms with van der Waals surface area (Å²) >= 11 is 0. The van der Waals surface area contributed by atoms with Crippen molar-refractivity contribution in [3.05, 3.63) is 34.9 Å². The molecular formula is C21H26N4O2. The Kier molecular flexibility index (Phi) is 7.37. The lowest BCUT2D eigenvalue weighted by molar-refractivity contribution is -0.136. The van der Waals surface area contributed by atoms with Gasteiger partial charge >= 0.3 is 0 Å². The number of rotatable bonds is 6. The molecule has 2 rings (SSSR count). The number of hydrogen-bond acceptors (Lipinski definition) is 4. The number of nitriles is 2. The summed E-state index contributed by atoms with van der Waals surface area (Å²) in [5, 5.41) is 17.6. The van der Waals surface area contributed by atoms with Crippen LogP contribution in [0.25, 0.3) is 0 Å². The highest BCUT2D eigenvalue weighted by Gasteiger charge is 2.31. The van der Waals surface area contributed by atoms with Gasteiger partial charge in [-0.3, -0.25) is 9.59 Å². The predicted molar refractivity (Wildman–Crippen MR) is 102 cm³/mol. The van der Waals surface area contributed by atoms with Crippen LogP contribution in [0.2, 0.25) is 0 Å². The second kappa shape index (κ2) is 9.73. The van der Waals surface area contributed by atoms with Crippen molar-refractivity contribution >= 4 is 11.8 Å². The van der Waals surface area contributed by atoms with Crippen LogP contribution in [0.3, 0.4) is 0 Å². The first-order valence-electron chi connectivity index (χ1n) is 9.36. The Bertz CT molecular complexity index is 737. The molecule has 1 atom stereocenters. The van der Waals surface area contributed by atoms with Crippen molar-refractivity contribution in [2.45, 2.75) is 39.5 Å². The van der Waals surface area contributed by atoms with Gasteiger partial charge in [0.2, 0.25) is 5.91 Å². The highest BCUT2D eigenvalue weighted by molar-refractivity contribution is 5.95. The summed E-state index contributed by atoms with van der Waals surface area (Å²) in [5.74, 6) is -0.371. The summed E-state index contributed by atoms with van der Waals surface area (Å²) in [5.41, 5.74) is 2.75. The number of amides is 2. The Hall–Kier alpha value is -2.86. The van der Waals surface area contributed by atoms with Gasteiger partial charge in [0.25, 0.3) is 5.91 Å². The molecule has 1 unspecified atom stereocenters. The monoisotopic (exact) mass is 366 g/mol. The summed E-state index contributed by atoms with van der Waals surface area (Å²) in [6.45, 7) is 5.63. The summed E-state index contributed by atoms with van der Waals surface area (Å²) in [4.78, 5) is 29.1. The number of carbonyl (C=O) groups is 2. The van der Waals surface area contributed by atoms with E-state index in [0.29, 0.717) is 31.7 Å². The maximum Gasteiger partial charge on any atom is 0.253 e. The minimum Gasteiger partial charge on any atom is -0.340 e. The maximum absolute atomic E-state index is 12.9. The lowest BCUT2D eigenvalue weighted by atomic mass is 9.95. The molecule has 1 fully saturated rings. The van der Waals surface area contributed by atoms with Gasteiger partial charge in [-0.15, -0.1) is 0 Å². The molecule has 1 aromatic rings. The second-order valence-electron chi connectivity index (χ2n) is 7.11. The standard InChI is InChI=1S/C21H26N4O2/c1-16-12-17(2)14-19(13-16)21(27)25-9-3-6-18(15-25)20(26)24(10-4-7-22)11-5-8-23/h12-14,18H,3-6,9-11,15H2,1-2H3. The van der Waals surface area contributed by atoms with E-state index in [2.05, 4.69) is 12.1 Å². The van der Waals surface area contributed by atoms with Crippen molar-refractivity contribution in [3.8, 4) is 12.1 Å². The average Bonchev–Trinajstić information content (AvgIpc) is 2.66. The number of hydrogen-bond donors (Lipinski definition) is 0. The third-order valence-electron chi connectivity index (χ3n) is 4.83. The molecule has 1 heterocycles. The molecule has 6 nitrogen and oxygen atoms in total. The third-order valence-corrected chi connectivity index (χ3v) is 4.83. The summed E-state index contributed by atoms with van der Waals surface area (Å²) in [6, 6.07) is 9.89. The van der Waals surface area contributed by atoms with Crippen LogP contribution >= 0.6 is 0 Å². The molecular weight excluding hydrogens is 340 g/mol. The smallest absolute Gasteiger partial charge is 0.253 e. The Morgan fingerprint density at radius 1 is 1.11 bits per heavy atom. The molecule has 0 radical (unpaired) electrons. The van der Waals surface area contributed by atoms with Gasteiger partial charge in [0.1, 0.15) is 0 Å². The summed E-state index contributed by atoms with van der Waals surface area (Å²) in [6.07, 6.45) is 1.99. The second-order valence-corrected chi connectivity index (χ2v) is 7.11. The molecule has 1 aliphatic heterocycles. The predicted octanol–water partition coefficient (Wildman–Crippen LogP) is 2.81. The number of benzene rings is 1. The van der Waals surface area contributed by atoms with Crippen LogP contribution < -0.4 is 0 Å². The van der Waals surface area contributed by atoms with Gasteiger partial charge in [-0.2, -0.15) is 10.5 Å². The molecule has 0 N–H and O–H groups in total. The summed E-state index contributed by atoms with van der Waals surface area (Å²) in [7, 11) is 0. The number of carbonyl (C=O) groups excluding carboxylic acids is 2. The molecule has 0 spiro atoms. The van der Waals surface area contributed by atoms with Gasteiger partial charge < -0.3 is 9.80 Å². The number of nitrogens with zero attached hydrogens (tertiary/aromatic N) is 4. The maximum atomic E-state index is 12.9. The molecule has 0 bridgehead atoms. The topological polar surface area (TPSA) is 88.2 Å². The Labute approximate surface area is 161 Å². The minimum atomic E-state index is -0.272. The van der Waals surface area contributed by atoms with Crippen LogP contribution in [0.15, 0.2) is 18.2 Å². The van der Waals surface area contributed by atoms with Crippen LogP contribution in [-0.2, 0) is 4.79 Å². The van der Waals surface area contributed by atoms with Gasteiger partial charge in [0.15, 0.2) is 0 Å². The quantitative estimate of drug-likeness (QED) is 0.774. The lowest BCUT2D eigenvalue weighted by Crippen LogP contribution is -2.47. The minimum absolute atomic E-state index is 0.0418. The largest absolute Gasteiger partial charge is 0.340 e. The molecule has 0 aromatic heterocycles. The Balaban J connectivity index is 2.09. The van der Waals surface area contributed by atoms with Gasteiger partial charge in [0, 0.05) is 31.7 Å². The van der Waals surface area contributed by atoms with Gasteiger partial charge in [-0.1, -0.05) is 17.2 Å². The molecule has 0 aliphatic carbocycles. The van der Waals surface area contributed by atoms with Crippen molar-refractivity contribution in [2.75, 3.05) is 26.2 Å². The van der Waals surface area contributed by atoms with Gasteiger partial charge in [0.05, 0.1) is 30.9 Å². The van der Waals surface area contributed by atoms with Crippen molar-refractivity contribution in [1.29, 1.82) is 10.5 Å². The number of aryl methyl sites for hydroxylation is 2. The van der Waals surface area contributed by atoms with E-state index in [9.17, 15) is 9.59 Å². The van der Waals surface area contributed by atoms with Crippen LogP contribution in [0, 0.1) is 42.4 Å². The molecule has 2 amide bonds. The zero-order valence-corrected chi connectivity index (χ0v) is 16.1.